The third-order valence-corrected chi connectivity index (χ3v) is 7.09. The smallest absolute Gasteiger partial charge is 0.274 e. The number of para-hydroxylation sites is 1. The molecule has 3 aromatic heterocycles. The van der Waals surface area contributed by atoms with E-state index in [1.165, 1.54) is 10.4 Å². The molecule has 1 aromatic carbocycles. The van der Waals surface area contributed by atoms with Crippen LogP contribution < -0.4 is 5.32 Å². The number of benzene rings is 1. The number of thiazole rings is 1. The van der Waals surface area contributed by atoms with Crippen LogP contribution in [0.2, 0.25) is 0 Å². The number of aromatic nitrogens is 3. The Bertz CT molecular complexity index is 1190. The number of furan rings is 1. The van der Waals surface area contributed by atoms with E-state index in [2.05, 4.69) is 24.4 Å². The first kappa shape index (κ1) is 20.9. The third kappa shape index (κ3) is 4.08. The van der Waals surface area contributed by atoms with E-state index < -0.39 is 0 Å². The second-order valence-corrected chi connectivity index (χ2v) is 9.34. The number of hydrogen-bond donors (Lipinski definition) is 1. The zero-order valence-electron chi connectivity index (χ0n) is 18.4. The van der Waals surface area contributed by atoms with Gasteiger partial charge in [-0.2, -0.15) is 5.10 Å². The summed E-state index contributed by atoms with van der Waals surface area (Å²) in [6.07, 6.45) is 4.38. The number of aryl methyl sites for hydroxylation is 1. The molecule has 0 saturated carbocycles. The fraction of sp³-hybridized carbons (Fsp3) is 0.375. The van der Waals surface area contributed by atoms with Crippen LogP contribution in [-0.4, -0.2) is 38.7 Å². The maximum Gasteiger partial charge on any atom is 0.274 e. The largest absolute Gasteiger partial charge is 0.467 e. The summed E-state index contributed by atoms with van der Waals surface area (Å²) >= 11 is 1.73. The van der Waals surface area contributed by atoms with Crippen molar-refractivity contribution >= 4 is 27.5 Å². The van der Waals surface area contributed by atoms with E-state index in [4.69, 9.17) is 14.5 Å². The quantitative estimate of drug-likeness (QED) is 0.461. The lowest BCUT2D eigenvalue weighted by Crippen LogP contribution is -2.35. The van der Waals surface area contributed by atoms with Crippen LogP contribution in [0.1, 0.15) is 45.9 Å². The van der Waals surface area contributed by atoms with Crippen LogP contribution in [0.25, 0.3) is 10.2 Å². The van der Waals surface area contributed by atoms with Gasteiger partial charge in [-0.15, -0.1) is 11.3 Å². The molecule has 0 fully saturated rings. The van der Waals surface area contributed by atoms with Crippen molar-refractivity contribution in [2.75, 3.05) is 7.05 Å². The molecule has 166 valence electrons. The number of carbonyl (C=O) groups excluding carboxylic acids is 1. The first-order valence-corrected chi connectivity index (χ1v) is 11.9. The minimum Gasteiger partial charge on any atom is -0.467 e. The monoisotopic (exact) mass is 449 g/mol. The van der Waals surface area contributed by atoms with Crippen molar-refractivity contribution in [3.8, 4) is 0 Å². The van der Waals surface area contributed by atoms with Gasteiger partial charge in [0.2, 0.25) is 0 Å². The minimum absolute atomic E-state index is 0.0586. The summed E-state index contributed by atoms with van der Waals surface area (Å²) in [6.45, 7) is 4.01. The van der Waals surface area contributed by atoms with Gasteiger partial charge in [0.25, 0.3) is 5.91 Å². The molecule has 3 heterocycles. The van der Waals surface area contributed by atoms with Crippen LogP contribution in [0.4, 0.5) is 0 Å². The molecule has 5 rings (SSSR count). The molecule has 1 atom stereocenters. The average molecular weight is 450 g/mol. The SMILES string of the molecule is CCn1nc(C(=O)N(C)Cc2ccco2)c2c1CCC(NCc1nc3ccccc3s1)C2. The second-order valence-electron chi connectivity index (χ2n) is 8.23. The summed E-state index contributed by atoms with van der Waals surface area (Å²) in [5.74, 6) is 0.705. The summed E-state index contributed by atoms with van der Waals surface area (Å²) in [5, 5.41) is 9.46. The van der Waals surface area contributed by atoms with Gasteiger partial charge >= 0.3 is 0 Å². The second kappa shape index (κ2) is 8.88. The Morgan fingerprint density at radius 2 is 2.19 bits per heavy atom. The Balaban J connectivity index is 1.31. The van der Waals surface area contributed by atoms with Gasteiger partial charge in [-0.05, 0) is 50.5 Å². The molecule has 0 saturated heterocycles. The molecule has 1 N–H and O–H groups in total. The lowest BCUT2D eigenvalue weighted by atomic mass is 9.91. The molecule has 0 spiro atoms. The Morgan fingerprint density at radius 3 is 2.97 bits per heavy atom. The minimum atomic E-state index is -0.0586. The molecule has 1 amide bonds. The molecular formula is C24H27N5O2S. The van der Waals surface area contributed by atoms with E-state index in [0.29, 0.717) is 18.3 Å². The van der Waals surface area contributed by atoms with Crippen LogP contribution in [0.3, 0.4) is 0 Å². The summed E-state index contributed by atoms with van der Waals surface area (Å²) in [4.78, 5) is 19.7. The van der Waals surface area contributed by atoms with Crippen LogP contribution in [-0.2, 0) is 32.5 Å². The zero-order valence-corrected chi connectivity index (χ0v) is 19.2. The van der Waals surface area contributed by atoms with Crippen molar-refractivity contribution < 1.29 is 9.21 Å². The molecule has 0 aliphatic heterocycles. The van der Waals surface area contributed by atoms with Crippen LogP contribution in [0, 0.1) is 0 Å². The van der Waals surface area contributed by atoms with Crippen LogP contribution in [0.5, 0.6) is 0 Å². The number of nitrogens with one attached hydrogen (secondary N) is 1. The van der Waals surface area contributed by atoms with Crippen molar-refractivity contribution in [3.63, 3.8) is 0 Å². The molecule has 32 heavy (non-hydrogen) atoms. The molecular weight excluding hydrogens is 422 g/mol. The van der Waals surface area contributed by atoms with Crippen LogP contribution >= 0.6 is 11.3 Å². The normalized spacial score (nSPS) is 15.8. The lowest BCUT2D eigenvalue weighted by molar-refractivity contribution is 0.0767. The predicted molar refractivity (Wildman–Crippen MR) is 125 cm³/mol. The van der Waals surface area contributed by atoms with Crippen molar-refractivity contribution in [2.24, 2.45) is 0 Å². The van der Waals surface area contributed by atoms with E-state index in [0.717, 1.165) is 54.2 Å². The Hall–Kier alpha value is -2.97. The maximum absolute atomic E-state index is 13.2. The average Bonchev–Trinajstić information content (AvgIpc) is 3.54. The van der Waals surface area contributed by atoms with Gasteiger partial charge in [-0.3, -0.25) is 9.48 Å². The molecule has 0 bridgehead atoms. The van der Waals surface area contributed by atoms with Crippen molar-refractivity contribution in [1.82, 2.24) is 25.0 Å². The third-order valence-electron chi connectivity index (χ3n) is 6.05. The van der Waals surface area contributed by atoms with Gasteiger partial charge in [-0.25, -0.2) is 4.98 Å². The molecule has 1 aliphatic carbocycles. The molecule has 1 aliphatic rings. The molecule has 0 radical (unpaired) electrons. The van der Waals surface area contributed by atoms with Gasteiger partial charge in [0.1, 0.15) is 10.8 Å². The van der Waals surface area contributed by atoms with Gasteiger partial charge in [0.05, 0.1) is 23.0 Å². The standard InChI is InChI=1S/C24H27N5O2S/c1-3-29-20-11-10-16(25-14-22-26-19-8-4-5-9-21(19)32-22)13-18(20)23(27-29)24(30)28(2)15-17-7-6-12-31-17/h4-9,12,16,25H,3,10-11,13-15H2,1-2H3. The highest BCUT2D eigenvalue weighted by Gasteiger charge is 2.30. The number of rotatable bonds is 7. The molecule has 1 unspecified atom stereocenters. The van der Waals surface area contributed by atoms with E-state index in [1.54, 1.807) is 29.5 Å². The van der Waals surface area contributed by atoms with Gasteiger partial charge in [0.15, 0.2) is 5.69 Å². The molecule has 7 nitrogen and oxygen atoms in total. The molecule has 4 aromatic rings. The van der Waals surface area contributed by atoms with Gasteiger partial charge in [-0.1, -0.05) is 12.1 Å². The van der Waals surface area contributed by atoms with Crippen LogP contribution in [0.15, 0.2) is 47.1 Å². The topological polar surface area (TPSA) is 76.2 Å². The van der Waals surface area contributed by atoms with Crippen molar-refractivity contribution in [3.05, 3.63) is 70.4 Å². The number of carbonyl (C=O) groups is 1. The number of fused-ring (bicyclic) bond motifs is 2. The first-order chi connectivity index (χ1) is 15.6. The first-order valence-electron chi connectivity index (χ1n) is 11.1. The predicted octanol–water partition coefficient (Wildman–Crippen LogP) is 4.03. The fourth-order valence-corrected chi connectivity index (χ4v) is 5.33. The van der Waals surface area contributed by atoms with Gasteiger partial charge in [0, 0.05) is 37.4 Å². The van der Waals surface area contributed by atoms with Gasteiger partial charge < -0.3 is 14.6 Å². The number of nitrogens with zero attached hydrogens (tertiary/aromatic N) is 4. The van der Waals surface area contributed by atoms with E-state index in [-0.39, 0.29) is 5.91 Å². The lowest BCUT2D eigenvalue weighted by Gasteiger charge is -2.24. The Labute approximate surface area is 191 Å². The van der Waals surface area contributed by atoms with Crippen molar-refractivity contribution in [1.29, 1.82) is 0 Å². The number of hydrogen-bond acceptors (Lipinski definition) is 6. The fourth-order valence-electron chi connectivity index (χ4n) is 4.41. The highest BCUT2D eigenvalue weighted by Crippen LogP contribution is 2.27. The Morgan fingerprint density at radius 1 is 1.31 bits per heavy atom. The summed E-state index contributed by atoms with van der Waals surface area (Å²) in [6, 6.07) is 12.3. The summed E-state index contributed by atoms with van der Waals surface area (Å²) in [7, 11) is 1.80. The highest BCUT2D eigenvalue weighted by atomic mass is 32.1. The van der Waals surface area contributed by atoms with E-state index >= 15 is 0 Å². The Kier molecular flexibility index (Phi) is 5.80. The maximum atomic E-state index is 13.2. The number of amides is 1. The zero-order chi connectivity index (χ0) is 22.1. The highest BCUT2D eigenvalue weighted by molar-refractivity contribution is 7.18. The molecule has 8 heteroatoms. The summed E-state index contributed by atoms with van der Waals surface area (Å²) in [5.41, 5.74) is 3.90. The van der Waals surface area contributed by atoms with E-state index in [9.17, 15) is 4.79 Å². The van der Waals surface area contributed by atoms with E-state index in [1.807, 2.05) is 28.9 Å². The summed E-state index contributed by atoms with van der Waals surface area (Å²) < 4.78 is 8.62. The van der Waals surface area contributed by atoms with Crippen molar-refractivity contribution in [2.45, 2.75) is 51.9 Å².